The third kappa shape index (κ3) is 2.07. The van der Waals surface area contributed by atoms with Crippen molar-refractivity contribution in [3.05, 3.63) is 34.5 Å². The van der Waals surface area contributed by atoms with Crippen LogP contribution in [0.5, 0.6) is 0 Å². The standard InChI is InChI=1S/C19H21FN2OS/c1-11-8-15-13(9-14(11)20)10-16(24-15)18(23)21-17-12-2-6-22(7-3-12)19(17)4-5-19/h8-10,12,17H,2-7H2,1H3,(H,21,23)/t17-/m1/s1. The summed E-state index contributed by atoms with van der Waals surface area (Å²) in [6, 6.07) is 5.49. The molecule has 1 aromatic heterocycles. The minimum absolute atomic E-state index is 0.0132. The van der Waals surface area contributed by atoms with Crippen LogP contribution in [-0.2, 0) is 0 Å². The number of carbonyl (C=O) groups excluding carboxylic acids is 1. The Morgan fingerprint density at radius 2 is 2.04 bits per heavy atom. The number of hydrogen-bond donors (Lipinski definition) is 1. The first kappa shape index (κ1) is 14.8. The van der Waals surface area contributed by atoms with Crippen LogP contribution in [0.1, 0.15) is 40.9 Å². The highest BCUT2D eigenvalue weighted by molar-refractivity contribution is 7.20. The van der Waals surface area contributed by atoms with Gasteiger partial charge in [0, 0.05) is 10.2 Å². The molecule has 4 fully saturated rings. The van der Waals surface area contributed by atoms with Gasteiger partial charge in [-0.1, -0.05) is 0 Å². The molecule has 3 saturated heterocycles. The lowest BCUT2D eigenvalue weighted by Gasteiger charge is -2.52. The smallest absolute Gasteiger partial charge is 0.261 e. The van der Waals surface area contributed by atoms with E-state index in [2.05, 4.69) is 10.2 Å². The number of thiophene rings is 1. The van der Waals surface area contributed by atoms with Crippen LogP contribution in [0, 0.1) is 18.7 Å². The number of halogens is 1. The third-order valence-electron chi connectivity index (χ3n) is 6.29. The maximum absolute atomic E-state index is 13.7. The Hall–Kier alpha value is -1.46. The van der Waals surface area contributed by atoms with Crippen molar-refractivity contribution in [1.82, 2.24) is 10.2 Å². The van der Waals surface area contributed by atoms with Crippen molar-refractivity contribution in [1.29, 1.82) is 0 Å². The van der Waals surface area contributed by atoms with Gasteiger partial charge in [-0.25, -0.2) is 4.39 Å². The number of benzene rings is 1. The molecular weight excluding hydrogens is 323 g/mol. The predicted molar refractivity (Wildman–Crippen MR) is 94.0 cm³/mol. The highest BCUT2D eigenvalue weighted by Gasteiger charge is 2.60. The van der Waals surface area contributed by atoms with Crippen molar-refractivity contribution >= 4 is 27.3 Å². The zero-order valence-corrected chi connectivity index (χ0v) is 14.6. The van der Waals surface area contributed by atoms with Crippen LogP contribution in [-0.4, -0.2) is 35.5 Å². The monoisotopic (exact) mass is 344 g/mol. The zero-order chi connectivity index (χ0) is 16.5. The van der Waals surface area contributed by atoms with Crippen molar-refractivity contribution in [2.75, 3.05) is 13.1 Å². The van der Waals surface area contributed by atoms with Gasteiger partial charge in [-0.2, -0.15) is 0 Å². The van der Waals surface area contributed by atoms with Gasteiger partial charge in [-0.3, -0.25) is 9.69 Å². The highest BCUT2D eigenvalue weighted by atomic mass is 32.1. The van der Waals surface area contributed by atoms with Crippen LogP contribution in [0.25, 0.3) is 10.1 Å². The van der Waals surface area contributed by atoms with Crippen LogP contribution in [0.2, 0.25) is 0 Å². The van der Waals surface area contributed by atoms with E-state index in [0.29, 0.717) is 16.4 Å². The van der Waals surface area contributed by atoms with Crippen LogP contribution in [0.15, 0.2) is 18.2 Å². The Labute approximate surface area is 144 Å². The zero-order valence-electron chi connectivity index (χ0n) is 13.8. The van der Waals surface area contributed by atoms with Gasteiger partial charge in [0.2, 0.25) is 0 Å². The molecule has 4 aliphatic rings. The van der Waals surface area contributed by atoms with Gasteiger partial charge in [-0.05, 0) is 80.8 Å². The Kier molecular flexibility index (Phi) is 3.11. The minimum Gasteiger partial charge on any atom is -0.346 e. The summed E-state index contributed by atoms with van der Waals surface area (Å²) in [6.45, 7) is 4.15. The van der Waals surface area contributed by atoms with Gasteiger partial charge in [-0.15, -0.1) is 11.3 Å². The second kappa shape index (κ2) is 5.02. The van der Waals surface area contributed by atoms with Gasteiger partial charge in [0.1, 0.15) is 5.82 Å². The van der Waals surface area contributed by atoms with Crippen LogP contribution >= 0.6 is 11.3 Å². The minimum atomic E-state index is -0.207. The third-order valence-corrected chi connectivity index (χ3v) is 7.39. The number of hydrogen-bond acceptors (Lipinski definition) is 3. The van der Waals surface area contributed by atoms with E-state index in [1.54, 1.807) is 6.92 Å². The summed E-state index contributed by atoms with van der Waals surface area (Å²) >= 11 is 1.47. The molecule has 0 unspecified atom stereocenters. The lowest BCUT2D eigenvalue weighted by Crippen LogP contribution is -2.65. The number of aryl methyl sites for hydroxylation is 1. The molecule has 1 spiro atoms. The molecule has 1 amide bonds. The average Bonchev–Trinajstić information content (AvgIpc) is 3.25. The van der Waals surface area contributed by atoms with E-state index in [9.17, 15) is 9.18 Å². The SMILES string of the molecule is Cc1cc2sc(C(=O)N[C@@H]3C4CCN(CC4)C34CC4)cc2cc1F. The van der Waals surface area contributed by atoms with E-state index in [-0.39, 0.29) is 23.3 Å². The molecule has 1 N–H and O–H groups in total. The van der Waals surface area contributed by atoms with E-state index >= 15 is 0 Å². The maximum atomic E-state index is 13.7. The van der Waals surface area contributed by atoms with E-state index in [0.717, 1.165) is 10.1 Å². The largest absolute Gasteiger partial charge is 0.346 e. The van der Waals surface area contributed by atoms with E-state index in [4.69, 9.17) is 0 Å². The topological polar surface area (TPSA) is 32.3 Å². The molecule has 24 heavy (non-hydrogen) atoms. The Morgan fingerprint density at radius 3 is 2.75 bits per heavy atom. The van der Waals surface area contributed by atoms with Crippen molar-refractivity contribution in [2.45, 2.75) is 44.2 Å². The van der Waals surface area contributed by atoms with Crippen LogP contribution in [0.3, 0.4) is 0 Å². The first-order valence-electron chi connectivity index (χ1n) is 8.82. The van der Waals surface area contributed by atoms with Gasteiger partial charge in [0.15, 0.2) is 0 Å². The summed E-state index contributed by atoms with van der Waals surface area (Å²) in [7, 11) is 0. The molecule has 0 radical (unpaired) electrons. The molecule has 126 valence electrons. The van der Waals surface area contributed by atoms with Crippen molar-refractivity contribution < 1.29 is 9.18 Å². The van der Waals surface area contributed by atoms with Gasteiger partial charge in [0.25, 0.3) is 5.91 Å². The predicted octanol–water partition coefficient (Wildman–Crippen LogP) is 3.71. The molecule has 2 aromatic rings. The fourth-order valence-electron chi connectivity index (χ4n) is 4.81. The molecule has 1 aromatic carbocycles. The molecule has 1 saturated carbocycles. The first-order valence-corrected chi connectivity index (χ1v) is 9.64. The summed E-state index contributed by atoms with van der Waals surface area (Å²) in [5.41, 5.74) is 0.876. The summed E-state index contributed by atoms with van der Waals surface area (Å²) in [5.74, 6) is 0.427. The summed E-state index contributed by atoms with van der Waals surface area (Å²) in [5, 5.41) is 4.17. The average molecular weight is 344 g/mol. The van der Waals surface area contributed by atoms with Crippen LogP contribution < -0.4 is 5.32 Å². The quantitative estimate of drug-likeness (QED) is 0.901. The number of fused-ring (bicyclic) bond motifs is 3. The molecule has 3 nitrogen and oxygen atoms in total. The number of nitrogens with one attached hydrogen (secondary N) is 1. The Morgan fingerprint density at radius 1 is 1.29 bits per heavy atom. The molecule has 4 heterocycles. The van der Waals surface area contributed by atoms with Crippen molar-refractivity contribution in [3.63, 3.8) is 0 Å². The molecule has 1 aliphatic carbocycles. The fourth-order valence-corrected chi connectivity index (χ4v) is 5.85. The van der Waals surface area contributed by atoms with Crippen LogP contribution in [0.4, 0.5) is 4.39 Å². The number of nitrogens with zero attached hydrogens (tertiary/aromatic N) is 1. The first-order chi connectivity index (χ1) is 11.6. The molecule has 5 heteroatoms. The Bertz CT molecular complexity index is 794. The fraction of sp³-hybridized carbons (Fsp3) is 0.526. The van der Waals surface area contributed by atoms with Crippen molar-refractivity contribution in [2.24, 2.45) is 5.92 Å². The van der Waals surface area contributed by atoms with Crippen molar-refractivity contribution in [3.8, 4) is 0 Å². The molecular formula is C19H21FN2OS. The number of amides is 1. The lowest BCUT2D eigenvalue weighted by atomic mass is 9.77. The molecule has 3 aliphatic heterocycles. The normalized spacial score (nSPS) is 30.0. The second-order valence-corrected chi connectivity index (χ2v) is 8.71. The Balaban J connectivity index is 1.43. The maximum Gasteiger partial charge on any atom is 0.261 e. The summed E-state index contributed by atoms with van der Waals surface area (Å²) < 4.78 is 14.7. The molecule has 6 rings (SSSR count). The number of piperidine rings is 3. The van der Waals surface area contributed by atoms with Gasteiger partial charge < -0.3 is 5.32 Å². The van der Waals surface area contributed by atoms with E-state index in [1.807, 2.05) is 12.1 Å². The van der Waals surface area contributed by atoms with Gasteiger partial charge in [0.05, 0.1) is 10.9 Å². The van der Waals surface area contributed by atoms with E-state index < -0.39 is 0 Å². The summed E-state index contributed by atoms with van der Waals surface area (Å²) in [4.78, 5) is 16.1. The van der Waals surface area contributed by atoms with Gasteiger partial charge >= 0.3 is 0 Å². The molecule has 2 bridgehead atoms. The van der Waals surface area contributed by atoms with E-state index in [1.165, 1.54) is 56.2 Å². The number of rotatable bonds is 2. The number of carbonyl (C=O) groups is 1. The highest BCUT2D eigenvalue weighted by Crippen LogP contribution is 2.53. The summed E-state index contributed by atoms with van der Waals surface area (Å²) in [6.07, 6.45) is 4.82. The second-order valence-electron chi connectivity index (χ2n) is 7.63. The molecule has 1 atom stereocenters. The lowest BCUT2D eigenvalue weighted by molar-refractivity contribution is -0.00138.